The first kappa shape index (κ1) is 34.9. The van der Waals surface area contributed by atoms with Gasteiger partial charge in [0.2, 0.25) is 10.7 Å². The molecule has 0 aliphatic heterocycles. The summed E-state index contributed by atoms with van der Waals surface area (Å²) in [6.07, 6.45) is 0. The summed E-state index contributed by atoms with van der Waals surface area (Å²) in [7, 11) is -6.05. The SMILES string of the molecule is CC(C)(C)Oc1ccc([S+](c2ccccc2)c2ccccc2)c(OC(C)(C)C)c1.O=S(=O)([O-])c1c(F)c(F)c(F)c(F)c1F. The van der Waals surface area contributed by atoms with Gasteiger partial charge in [0.1, 0.15) is 42.9 Å². The molecular formula is C32H31F5O5S2. The predicted molar refractivity (Wildman–Crippen MR) is 156 cm³/mol. The maximum absolute atomic E-state index is 12.6. The van der Waals surface area contributed by atoms with Crippen molar-refractivity contribution < 1.29 is 44.4 Å². The lowest BCUT2D eigenvalue weighted by Crippen LogP contribution is -2.25. The average molecular weight is 655 g/mol. The second-order valence-electron chi connectivity index (χ2n) is 11.3. The molecule has 0 fully saturated rings. The van der Waals surface area contributed by atoms with Gasteiger partial charge in [-0.15, -0.1) is 0 Å². The van der Waals surface area contributed by atoms with Crippen molar-refractivity contribution in [1.82, 2.24) is 0 Å². The van der Waals surface area contributed by atoms with Gasteiger partial charge in [-0.05, 0) is 71.9 Å². The summed E-state index contributed by atoms with van der Waals surface area (Å²) < 4.78 is 105. The van der Waals surface area contributed by atoms with Crippen LogP contribution in [0.25, 0.3) is 0 Å². The van der Waals surface area contributed by atoms with Crippen LogP contribution in [0.3, 0.4) is 0 Å². The van der Waals surface area contributed by atoms with Crippen LogP contribution in [0.5, 0.6) is 11.5 Å². The normalized spacial score (nSPS) is 12.0. The van der Waals surface area contributed by atoms with Crippen LogP contribution < -0.4 is 9.47 Å². The lowest BCUT2D eigenvalue weighted by Gasteiger charge is -2.25. The minimum Gasteiger partial charge on any atom is -0.744 e. The first-order chi connectivity index (χ1) is 20.3. The highest BCUT2D eigenvalue weighted by molar-refractivity contribution is 7.97. The number of halogens is 5. The van der Waals surface area contributed by atoms with E-state index in [2.05, 4.69) is 114 Å². The maximum Gasteiger partial charge on any atom is 0.208 e. The Balaban J connectivity index is 0.000000297. The van der Waals surface area contributed by atoms with Crippen molar-refractivity contribution in [1.29, 1.82) is 0 Å². The van der Waals surface area contributed by atoms with Crippen LogP contribution in [0.4, 0.5) is 22.0 Å². The van der Waals surface area contributed by atoms with E-state index < -0.39 is 44.1 Å². The zero-order valence-electron chi connectivity index (χ0n) is 24.8. The molecule has 0 unspecified atom stereocenters. The summed E-state index contributed by atoms with van der Waals surface area (Å²) in [6.45, 7) is 12.4. The van der Waals surface area contributed by atoms with E-state index in [4.69, 9.17) is 9.47 Å². The molecule has 0 aliphatic rings. The number of benzene rings is 4. The average Bonchev–Trinajstić information content (AvgIpc) is 2.91. The van der Waals surface area contributed by atoms with E-state index in [0.717, 1.165) is 11.5 Å². The maximum atomic E-state index is 12.6. The zero-order chi connectivity index (χ0) is 33.0. The Kier molecular flexibility index (Phi) is 10.8. The first-order valence-corrected chi connectivity index (χ1v) is 15.8. The van der Waals surface area contributed by atoms with Gasteiger partial charge < -0.3 is 14.0 Å². The lowest BCUT2D eigenvalue weighted by molar-refractivity contribution is 0.118. The molecule has 5 nitrogen and oxygen atoms in total. The zero-order valence-corrected chi connectivity index (χ0v) is 26.4. The van der Waals surface area contributed by atoms with Crippen molar-refractivity contribution in [3.05, 3.63) is 108 Å². The van der Waals surface area contributed by atoms with Crippen molar-refractivity contribution in [3.63, 3.8) is 0 Å². The van der Waals surface area contributed by atoms with Crippen molar-refractivity contribution in [2.45, 2.75) is 72.3 Å². The van der Waals surface area contributed by atoms with Crippen LogP contribution in [-0.2, 0) is 21.0 Å². The molecule has 4 aromatic carbocycles. The minimum absolute atomic E-state index is 0.263. The van der Waals surface area contributed by atoms with Crippen LogP contribution in [0.15, 0.2) is 98.4 Å². The van der Waals surface area contributed by atoms with Gasteiger partial charge in [-0.1, -0.05) is 36.4 Å². The smallest absolute Gasteiger partial charge is 0.208 e. The Bertz CT molecular complexity index is 1630. The molecule has 0 radical (unpaired) electrons. The van der Waals surface area contributed by atoms with Crippen LogP contribution in [0, 0.1) is 29.1 Å². The van der Waals surface area contributed by atoms with Gasteiger partial charge in [-0.2, -0.15) is 0 Å². The van der Waals surface area contributed by atoms with Gasteiger partial charge >= 0.3 is 0 Å². The van der Waals surface area contributed by atoms with E-state index in [-0.39, 0.29) is 22.1 Å². The molecular weight excluding hydrogens is 623 g/mol. The lowest BCUT2D eigenvalue weighted by atomic mass is 10.2. The monoisotopic (exact) mass is 654 g/mol. The third-order valence-electron chi connectivity index (χ3n) is 5.35. The fourth-order valence-corrected chi connectivity index (χ4v) is 6.55. The summed E-state index contributed by atoms with van der Waals surface area (Å²) in [5, 5.41) is 0. The molecule has 0 bridgehead atoms. The molecule has 4 aromatic rings. The summed E-state index contributed by atoms with van der Waals surface area (Å²) in [4.78, 5) is 1.32. The van der Waals surface area contributed by atoms with E-state index in [9.17, 15) is 34.9 Å². The Hall–Kier alpha value is -3.61. The van der Waals surface area contributed by atoms with Gasteiger partial charge in [0.25, 0.3) is 0 Å². The summed E-state index contributed by atoms with van der Waals surface area (Å²) in [5.41, 5.74) is -0.571. The fourth-order valence-electron chi connectivity index (χ4n) is 3.79. The minimum atomic E-state index is -5.77. The molecule has 0 heterocycles. The van der Waals surface area contributed by atoms with Gasteiger partial charge in [-0.3, -0.25) is 0 Å². The molecule has 0 saturated carbocycles. The van der Waals surface area contributed by atoms with Crippen molar-refractivity contribution in [3.8, 4) is 11.5 Å². The molecule has 12 heteroatoms. The van der Waals surface area contributed by atoms with Crippen LogP contribution >= 0.6 is 0 Å². The number of hydrogen-bond donors (Lipinski definition) is 0. The third-order valence-corrected chi connectivity index (χ3v) is 8.48. The second kappa shape index (κ2) is 13.6. The van der Waals surface area contributed by atoms with Gasteiger partial charge in [0.15, 0.2) is 38.8 Å². The molecule has 0 spiro atoms. The van der Waals surface area contributed by atoms with E-state index in [1.807, 2.05) is 6.07 Å². The largest absolute Gasteiger partial charge is 0.744 e. The van der Waals surface area contributed by atoms with Crippen molar-refractivity contribution >= 4 is 21.0 Å². The Morgan fingerprint density at radius 1 is 0.614 bits per heavy atom. The molecule has 0 N–H and O–H groups in total. The van der Waals surface area contributed by atoms with E-state index in [0.29, 0.717) is 0 Å². The van der Waals surface area contributed by atoms with E-state index >= 15 is 0 Å². The van der Waals surface area contributed by atoms with E-state index in [1.54, 1.807) is 0 Å². The first-order valence-electron chi connectivity index (χ1n) is 13.1. The predicted octanol–water partition coefficient (Wildman–Crippen LogP) is 8.42. The molecule has 0 aromatic heterocycles. The second-order valence-corrected chi connectivity index (χ2v) is 14.6. The highest BCUT2D eigenvalue weighted by Gasteiger charge is 2.34. The Morgan fingerprint density at radius 3 is 1.41 bits per heavy atom. The molecule has 0 saturated heterocycles. The van der Waals surface area contributed by atoms with Gasteiger partial charge in [-0.25, -0.2) is 30.4 Å². The summed E-state index contributed by atoms with van der Waals surface area (Å²) in [6, 6.07) is 27.5. The Labute approximate surface area is 256 Å². The van der Waals surface area contributed by atoms with Crippen molar-refractivity contribution in [2.24, 2.45) is 0 Å². The summed E-state index contributed by atoms with van der Waals surface area (Å²) >= 11 is 0. The van der Waals surface area contributed by atoms with E-state index in [1.165, 1.54) is 14.7 Å². The molecule has 236 valence electrons. The third kappa shape index (κ3) is 8.96. The molecule has 0 atom stereocenters. The number of ether oxygens (including phenoxy) is 2. The standard InChI is InChI=1S/C26H31O2S.C6HF5O3S/c1-25(2,3)27-20-17-18-24(23(19-20)28-26(4,5)6)29(21-13-9-7-10-14-21)22-15-11-8-12-16-22;7-1-2(8)4(10)6(15(12,13)14)5(11)3(1)9/h7-19H,1-6H3;(H,12,13,14)/q+1;/p-1. The fraction of sp³-hybridized carbons (Fsp3) is 0.250. The molecule has 4 rings (SSSR count). The van der Waals surface area contributed by atoms with Crippen molar-refractivity contribution in [2.75, 3.05) is 0 Å². The number of rotatable bonds is 6. The molecule has 0 amide bonds. The van der Waals surface area contributed by atoms with Crippen LogP contribution in [0.2, 0.25) is 0 Å². The molecule has 44 heavy (non-hydrogen) atoms. The van der Waals surface area contributed by atoms with Crippen LogP contribution in [0.1, 0.15) is 41.5 Å². The summed E-state index contributed by atoms with van der Waals surface area (Å²) in [5.74, 6) is -11.1. The van der Waals surface area contributed by atoms with Crippen LogP contribution in [-0.4, -0.2) is 24.2 Å². The van der Waals surface area contributed by atoms with Gasteiger partial charge in [0, 0.05) is 12.1 Å². The quantitative estimate of drug-likeness (QED) is 0.0686. The highest BCUT2D eigenvalue weighted by Crippen LogP contribution is 2.40. The Morgan fingerprint density at radius 2 is 1.02 bits per heavy atom. The molecule has 0 aliphatic carbocycles. The highest BCUT2D eigenvalue weighted by atomic mass is 32.2. The number of hydrogen-bond acceptors (Lipinski definition) is 5. The van der Waals surface area contributed by atoms with Gasteiger partial charge in [0.05, 0.1) is 0 Å². The topological polar surface area (TPSA) is 75.7 Å².